The van der Waals surface area contributed by atoms with Crippen LogP contribution in [0.4, 0.5) is 0 Å². The van der Waals surface area contributed by atoms with Gasteiger partial charge in [-0.2, -0.15) is 9.98 Å². The number of benzene rings is 1. The Balaban J connectivity index is 3.03. The molecule has 1 aromatic carbocycles. The Hall–Kier alpha value is -1.38. The second-order valence-corrected chi connectivity index (χ2v) is 5.40. The molecule has 0 amide bonds. The first-order valence-corrected chi connectivity index (χ1v) is 6.42. The largest absolute Gasteiger partial charge is 0.241 e. The van der Waals surface area contributed by atoms with Crippen molar-refractivity contribution in [2.45, 2.75) is 30.7 Å². The molecule has 0 radical (unpaired) electrons. The van der Waals surface area contributed by atoms with E-state index >= 15 is 0 Å². The van der Waals surface area contributed by atoms with E-state index in [2.05, 4.69) is 4.72 Å². The van der Waals surface area contributed by atoms with Gasteiger partial charge in [0.05, 0.1) is 11.0 Å². The third-order valence-corrected chi connectivity index (χ3v) is 3.98. The van der Waals surface area contributed by atoms with E-state index in [1.807, 2.05) is 6.07 Å². The highest BCUT2D eigenvalue weighted by atomic mass is 32.2. The fourth-order valence-electron chi connectivity index (χ4n) is 1.13. The van der Waals surface area contributed by atoms with Crippen LogP contribution in [0.2, 0.25) is 0 Å². The van der Waals surface area contributed by atoms with Gasteiger partial charge in [0.25, 0.3) is 0 Å². The first kappa shape index (κ1) is 12.7. The van der Waals surface area contributed by atoms with Crippen molar-refractivity contribution in [3.8, 4) is 6.07 Å². The molecule has 0 fully saturated rings. The lowest BCUT2D eigenvalue weighted by Crippen LogP contribution is -2.44. The zero-order valence-electron chi connectivity index (χ0n) is 9.27. The molecule has 0 aromatic heterocycles. The van der Waals surface area contributed by atoms with Gasteiger partial charge in [0.1, 0.15) is 5.54 Å². The summed E-state index contributed by atoms with van der Waals surface area (Å²) in [5.74, 6) is 0. The van der Waals surface area contributed by atoms with Gasteiger partial charge in [0, 0.05) is 0 Å². The predicted octanol–water partition coefficient (Wildman–Crippen LogP) is 1.66. The van der Waals surface area contributed by atoms with Gasteiger partial charge >= 0.3 is 0 Å². The number of hydrogen-bond donors (Lipinski definition) is 1. The van der Waals surface area contributed by atoms with Gasteiger partial charge in [-0.05, 0) is 25.5 Å². The van der Waals surface area contributed by atoms with E-state index in [-0.39, 0.29) is 4.90 Å². The Morgan fingerprint density at radius 2 is 1.94 bits per heavy atom. The van der Waals surface area contributed by atoms with Crippen molar-refractivity contribution < 1.29 is 8.42 Å². The van der Waals surface area contributed by atoms with Gasteiger partial charge in [-0.25, -0.2) is 8.42 Å². The first-order chi connectivity index (χ1) is 7.43. The standard InChI is InChI=1S/C11H14N2O2S/c1-3-11(2,9-12)13-16(14,15)10-7-5-4-6-8-10/h4-8,13H,3H2,1-2H3. The SMILES string of the molecule is CCC(C)(C#N)NS(=O)(=O)c1ccccc1. The molecule has 0 saturated heterocycles. The molecule has 1 N–H and O–H groups in total. The summed E-state index contributed by atoms with van der Waals surface area (Å²) in [5.41, 5.74) is -1.06. The molecule has 0 heterocycles. The third-order valence-electron chi connectivity index (χ3n) is 2.37. The monoisotopic (exact) mass is 238 g/mol. The Labute approximate surface area is 96.0 Å². The van der Waals surface area contributed by atoms with Crippen LogP contribution in [0.3, 0.4) is 0 Å². The van der Waals surface area contributed by atoms with Crippen LogP contribution in [0.15, 0.2) is 35.2 Å². The number of nitrogens with one attached hydrogen (secondary N) is 1. The van der Waals surface area contributed by atoms with Crippen molar-refractivity contribution in [2.24, 2.45) is 0 Å². The molecule has 1 unspecified atom stereocenters. The van der Waals surface area contributed by atoms with Crippen LogP contribution >= 0.6 is 0 Å². The average molecular weight is 238 g/mol. The Morgan fingerprint density at radius 3 is 2.38 bits per heavy atom. The van der Waals surface area contributed by atoms with Gasteiger partial charge in [-0.15, -0.1) is 0 Å². The highest BCUT2D eigenvalue weighted by Gasteiger charge is 2.28. The van der Waals surface area contributed by atoms with E-state index < -0.39 is 15.6 Å². The van der Waals surface area contributed by atoms with Gasteiger partial charge < -0.3 is 0 Å². The number of hydrogen-bond acceptors (Lipinski definition) is 3. The normalized spacial score (nSPS) is 15.1. The first-order valence-electron chi connectivity index (χ1n) is 4.94. The van der Waals surface area contributed by atoms with Crippen LogP contribution < -0.4 is 4.72 Å². The minimum absolute atomic E-state index is 0.171. The van der Waals surface area contributed by atoms with E-state index in [0.29, 0.717) is 6.42 Å². The van der Waals surface area contributed by atoms with Crippen molar-refractivity contribution in [2.75, 3.05) is 0 Å². The Kier molecular flexibility index (Phi) is 3.68. The third kappa shape index (κ3) is 2.81. The maximum absolute atomic E-state index is 11.9. The molecule has 0 aliphatic heterocycles. The van der Waals surface area contributed by atoms with Crippen LogP contribution in [0.1, 0.15) is 20.3 Å². The van der Waals surface area contributed by atoms with Gasteiger partial charge in [-0.1, -0.05) is 25.1 Å². The average Bonchev–Trinajstić information content (AvgIpc) is 2.29. The minimum Gasteiger partial charge on any atom is -0.207 e. The second kappa shape index (κ2) is 4.64. The summed E-state index contributed by atoms with van der Waals surface area (Å²) < 4.78 is 26.2. The lowest BCUT2D eigenvalue weighted by atomic mass is 10.0. The van der Waals surface area contributed by atoms with Gasteiger partial charge in [0.2, 0.25) is 10.0 Å². The molecule has 5 heteroatoms. The summed E-state index contributed by atoms with van der Waals surface area (Å²) in [4.78, 5) is 0.171. The van der Waals surface area contributed by atoms with Crippen LogP contribution in [0.25, 0.3) is 0 Å². The molecule has 1 atom stereocenters. The summed E-state index contributed by atoms with van der Waals surface area (Å²) in [5, 5.41) is 8.92. The van der Waals surface area contributed by atoms with Crippen molar-refractivity contribution in [1.29, 1.82) is 5.26 Å². The molecule has 0 aliphatic rings. The summed E-state index contributed by atoms with van der Waals surface area (Å²) in [6.07, 6.45) is 0.412. The molecule has 0 bridgehead atoms. The summed E-state index contributed by atoms with van der Waals surface area (Å²) in [6.45, 7) is 3.32. The molecule has 16 heavy (non-hydrogen) atoms. The van der Waals surface area contributed by atoms with E-state index in [4.69, 9.17) is 5.26 Å². The predicted molar refractivity (Wildman–Crippen MR) is 61.1 cm³/mol. The Morgan fingerprint density at radius 1 is 1.38 bits per heavy atom. The second-order valence-electron chi connectivity index (χ2n) is 3.72. The Bertz CT molecular complexity index is 490. The van der Waals surface area contributed by atoms with E-state index in [9.17, 15) is 8.42 Å². The van der Waals surface area contributed by atoms with Crippen LogP contribution in [0, 0.1) is 11.3 Å². The number of rotatable bonds is 4. The van der Waals surface area contributed by atoms with Crippen molar-refractivity contribution >= 4 is 10.0 Å². The lowest BCUT2D eigenvalue weighted by molar-refractivity contribution is 0.495. The number of nitrogens with zero attached hydrogens (tertiary/aromatic N) is 1. The van der Waals surface area contributed by atoms with Crippen LogP contribution in [-0.4, -0.2) is 14.0 Å². The fourth-order valence-corrected chi connectivity index (χ4v) is 2.55. The minimum atomic E-state index is -3.61. The maximum Gasteiger partial charge on any atom is 0.241 e. The van der Waals surface area contributed by atoms with Crippen molar-refractivity contribution in [1.82, 2.24) is 4.72 Å². The van der Waals surface area contributed by atoms with E-state index in [1.54, 1.807) is 32.0 Å². The highest BCUT2D eigenvalue weighted by Crippen LogP contribution is 2.14. The van der Waals surface area contributed by atoms with Crippen molar-refractivity contribution in [3.63, 3.8) is 0 Å². The number of sulfonamides is 1. The maximum atomic E-state index is 11.9. The smallest absolute Gasteiger partial charge is 0.207 e. The zero-order valence-corrected chi connectivity index (χ0v) is 10.1. The van der Waals surface area contributed by atoms with E-state index in [1.165, 1.54) is 12.1 Å². The number of nitriles is 1. The summed E-state index contributed by atoms with van der Waals surface area (Å²) in [7, 11) is -3.61. The molecule has 1 rings (SSSR count). The van der Waals surface area contributed by atoms with Crippen molar-refractivity contribution in [3.05, 3.63) is 30.3 Å². The molecule has 0 saturated carbocycles. The van der Waals surface area contributed by atoms with Gasteiger partial charge in [-0.3, -0.25) is 0 Å². The summed E-state index contributed by atoms with van der Waals surface area (Å²) >= 11 is 0. The topological polar surface area (TPSA) is 70.0 Å². The van der Waals surface area contributed by atoms with E-state index in [0.717, 1.165) is 0 Å². The lowest BCUT2D eigenvalue weighted by Gasteiger charge is -2.20. The van der Waals surface area contributed by atoms with Crippen LogP contribution in [0.5, 0.6) is 0 Å². The quantitative estimate of drug-likeness (QED) is 0.867. The molecule has 0 aliphatic carbocycles. The molecule has 1 aromatic rings. The molecule has 0 spiro atoms. The molecule has 86 valence electrons. The molecule has 4 nitrogen and oxygen atoms in total. The fraction of sp³-hybridized carbons (Fsp3) is 0.364. The molecular formula is C11H14N2O2S. The highest BCUT2D eigenvalue weighted by molar-refractivity contribution is 7.89. The van der Waals surface area contributed by atoms with Gasteiger partial charge in [0.15, 0.2) is 0 Å². The molecular weight excluding hydrogens is 224 g/mol. The van der Waals surface area contributed by atoms with Crippen LogP contribution in [-0.2, 0) is 10.0 Å². The zero-order chi connectivity index (χ0) is 12.2. The summed E-state index contributed by atoms with van der Waals surface area (Å²) in [6, 6.07) is 9.98.